The highest BCUT2D eigenvalue weighted by Crippen LogP contribution is 2.12. The summed E-state index contributed by atoms with van der Waals surface area (Å²) in [7, 11) is -3.43. The van der Waals surface area contributed by atoms with Crippen molar-refractivity contribution < 1.29 is 13.2 Å². The smallest absolute Gasteiger partial charge is 0.236 e. The summed E-state index contributed by atoms with van der Waals surface area (Å²) in [6.07, 6.45) is 3.48. The first-order valence-electron chi connectivity index (χ1n) is 7.03. The van der Waals surface area contributed by atoms with E-state index >= 15 is 0 Å². The van der Waals surface area contributed by atoms with Crippen LogP contribution in [0.4, 0.5) is 0 Å². The van der Waals surface area contributed by atoms with Crippen LogP contribution in [0.2, 0.25) is 0 Å². The molecule has 2 rings (SSSR count). The first-order valence-corrected chi connectivity index (χ1v) is 9.92. The molecule has 1 aliphatic rings. The van der Waals surface area contributed by atoms with Crippen LogP contribution in [0.15, 0.2) is 35.7 Å². The number of benzene rings is 1. The second-order valence-electron chi connectivity index (χ2n) is 4.97. The lowest BCUT2D eigenvalue weighted by Gasteiger charge is -2.33. The summed E-state index contributed by atoms with van der Waals surface area (Å²) in [5.74, 6) is 0.519. The number of hydrogen-bond acceptors (Lipinski definition) is 4. The maximum atomic E-state index is 12.3. The predicted octanol–water partition coefficient (Wildman–Crippen LogP) is 1.49. The van der Waals surface area contributed by atoms with E-state index in [9.17, 15) is 13.2 Å². The first kappa shape index (κ1) is 17.1. The van der Waals surface area contributed by atoms with E-state index < -0.39 is 10.0 Å². The first-order chi connectivity index (χ1) is 10.5. The molecule has 0 atom stereocenters. The SMILES string of the molecule is CSCC(=O)N1CCN(S(=O)(=O)/C=C/c2ccccc2)CC1. The molecule has 120 valence electrons. The molecule has 1 aliphatic heterocycles. The van der Waals surface area contributed by atoms with Crippen LogP contribution >= 0.6 is 11.8 Å². The fraction of sp³-hybridized carbons (Fsp3) is 0.400. The van der Waals surface area contributed by atoms with Gasteiger partial charge >= 0.3 is 0 Å². The van der Waals surface area contributed by atoms with Gasteiger partial charge in [-0.05, 0) is 17.9 Å². The molecule has 0 aromatic heterocycles. The van der Waals surface area contributed by atoms with Crippen LogP contribution in [-0.4, -0.2) is 61.7 Å². The van der Waals surface area contributed by atoms with E-state index in [1.807, 2.05) is 36.6 Å². The largest absolute Gasteiger partial charge is 0.339 e. The fourth-order valence-corrected chi connectivity index (χ4v) is 3.82. The summed E-state index contributed by atoms with van der Waals surface area (Å²) >= 11 is 1.48. The van der Waals surface area contributed by atoms with Crippen molar-refractivity contribution >= 4 is 33.8 Å². The standard InChI is InChI=1S/C15H20N2O3S2/c1-21-13-15(18)16-8-10-17(11-9-16)22(19,20)12-7-14-5-3-2-4-6-14/h2-7,12H,8-11,13H2,1H3/b12-7+. The summed E-state index contributed by atoms with van der Waals surface area (Å²) in [5, 5.41) is 1.24. The molecule has 0 N–H and O–H groups in total. The minimum Gasteiger partial charge on any atom is -0.339 e. The third-order valence-corrected chi connectivity index (χ3v) is 5.55. The minimum absolute atomic E-state index is 0.0735. The second-order valence-corrected chi connectivity index (χ2v) is 7.66. The van der Waals surface area contributed by atoms with E-state index in [1.165, 1.54) is 21.5 Å². The van der Waals surface area contributed by atoms with Crippen LogP contribution in [-0.2, 0) is 14.8 Å². The summed E-state index contributed by atoms with van der Waals surface area (Å²) < 4.78 is 26.0. The van der Waals surface area contributed by atoms with Gasteiger partial charge in [0.2, 0.25) is 15.9 Å². The second kappa shape index (κ2) is 7.80. The van der Waals surface area contributed by atoms with Gasteiger partial charge in [-0.25, -0.2) is 8.42 Å². The summed E-state index contributed by atoms with van der Waals surface area (Å²) in [5.41, 5.74) is 0.847. The Morgan fingerprint density at radius 3 is 2.41 bits per heavy atom. The Morgan fingerprint density at radius 2 is 1.82 bits per heavy atom. The third kappa shape index (κ3) is 4.59. The number of carbonyl (C=O) groups is 1. The molecular formula is C15H20N2O3S2. The number of hydrogen-bond donors (Lipinski definition) is 0. The van der Waals surface area contributed by atoms with Crippen molar-refractivity contribution in [3.63, 3.8) is 0 Å². The van der Waals surface area contributed by atoms with Crippen molar-refractivity contribution in [3.8, 4) is 0 Å². The molecule has 0 aliphatic carbocycles. The molecule has 0 spiro atoms. The highest BCUT2D eigenvalue weighted by atomic mass is 32.2. The number of rotatable bonds is 5. The van der Waals surface area contributed by atoms with Crippen molar-refractivity contribution in [1.29, 1.82) is 0 Å². The number of sulfonamides is 1. The maximum Gasteiger partial charge on any atom is 0.236 e. The lowest BCUT2D eigenvalue weighted by atomic mass is 10.2. The Hall–Kier alpha value is -1.31. The van der Waals surface area contributed by atoms with Crippen molar-refractivity contribution in [1.82, 2.24) is 9.21 Å². The lowest BCUT2D eigenvalue weighted by molar-refractivity contribution is -0.129. The van der Waals surface area contributed by atoms with Crippen LogP contribution in [0.1, 0.15) is 5.56 Å². The van der Waals surface area contributed by atoms with Crippen molar-refractivity contribution in [2.24, 2.45) is 0 Å². The van der Waals surface area contributed by atoms with Gasteiger partial charge in [-0.1, -0.05) is 30.3 Å². The average molecular weight is 340 g/mol. The number of carbonyl (C=O) groups excluding carboxylic acids is 1. The molecule has 0 bridgehead atoms. The number of thioether (sulfide) groups is 1. The molecule has 1 aromatic carbocycles. The molecule has 1 fully saturated rings. The zero-order valence-corrected chi connectivity index (χ0v) is 14.1. The normalized spacial score (nSPS) is 17.0. The summed E-state index contributed by atoms with van der Waals surface area (Å²) in [4.78, 5) is 13.5. The van der Waals surface area contributed by atoms with Gasteiger partial charge in [0.05, 0.1) is 5.75 Å². The quantitative estimate of drug-likeness (QED) is 0.815. The van der Waals surface area contributed by atoms with Gasteiger partial charge in [-0.3, -0.25) is 4.79 Å². The molecule has 0 saturated carbocycles. The third-order valence-electron chi connectivity index (χ3n) is 3.45. The van der Waals surface area contributed by atoms with Crippen LogP contribution < -0.4 is 0 Å². The Morgan fingerprint density at radius 1 is 1.18 bits per heavy atom. The van der Waals surface area contributed by atoms with E-state index in [4.69, 9.17) is 0 Å². The molecule has 1 heterocycles. The van der Waals surface area contributed by atoms with Crippen LogP contribution in [0.25, 0.3) is 6.08 Å². The van der Waals surface area contributed by atoms with Crippen molar-refractivity contribution in [2.75, 3.05) is 38.2 Å². The minimum atomic E-state index is -3.43. The Balaban J connectivity index is 1.95. The zero-order chi connectivity index (χ0) is 16.0. The Kier molecular flexibility index (Phi) is 6.05. The fourth-order valence-electron chi connectivity index (χ4n) is 2.22. The molecule has 1 aromatic rings. The van der Waals surface area contributed by atoms with E-state index in [0.717, 1.165) is 5.56 Å². The lowest BCUT2D eigenvalue weighted by Crippen LogP contribution is -2.50. The van der Waals surface area contributed by atoms with Gasteiger partial charge in [-0.15, -0.1) is 0 Å². The van der Waals surface area contributed by atoms with Gasteiger partial charge < -0.3 is 4.90 Å². The zero-order valence-electron chi connectivity index (χ0n) is 12.5. The monoisotopic (exact) mass is 340 g/mol. The van der Waals surface area contributed by atoms with Gasteiger partial charge in [0.1, 0.15) is 0 Å². The summed E-state index contributed by atoms with van der Waals surface area (Å²) in [6.45, 7) is 1.61. The van der Waals surface area contributed by atoms with Gasteiger partial charge in [0.25, 0.3) is 0 Å². The van der Waals surface area contributed by atoms with E-state index in [-0.39, 0.29) is 5.91 Å². The van der Waals surface area contributed by atoms with E-state index in [2.05, 4.69) is 0 Å². The van der Waals surface area contributed by atoms with Crippen molar-refractivity contribution in [2.45, 2.75) is 0 Å². The molecule has 5 nitrogen and oxygen atoms in total. The number of piperazine rings is 1. The van der Waals surface area contributed by atoms with Crippen LogP contribution in [0.5, 0.6) is 0 Å². The molecule has 0 unspecified atom stereocenters. The van der Waals surface area contributed by atoms with Gasteiger partial charge in [0, 0.05) is 31.6 Å². The highest BCUT2D eigenvalue weighted by molar-refractivity contribution is 7.99. The highest BCUT2D eigenvalue weighted by Gasteiger charge is 2.26. The maximum absolute atomic E-state index is 12.3. The predicted molar refractivity (Wildman–Crippen MR) is 90.9 cm³/mol. The van der Waals surface area contributed by atoms with Crippen LogP contribution in [0, 0.1) is 0 Å². The topological polar surface area (TPSA) is 57.7 Å². The molecule has 7 heteroatoms. The van der Waals surface area contributed by atoms with E-state index in [0.29, 0.717) is 31.9 Å². The average Bonchev–Trinajstić information content (AvgIpc) is 2.54. The van der Waals surface area contributed by atoms with Gasteiger partial charge in [-0.2, -0.15) is 16.1 Å². The Bertz CT molecular complexity index is 621. The molecular weight excluding hydrogens is 320 g/mol. The van der Waals surface area contributed by atoms with Gasteiger partial charge in [0.15, 0.2) is 0 Å². The van der Waals surface area contributed by atoms with Crippen molar-refractivity contribution in [3.05, 3.63) is 41.3 Å². The number of nitrogens with zero attached hydrogens (tertiary/aromatic N) is 2. The molecule has 0 radical (unpaired) electrons. The summed E-state index contributed by atoms with van der Waals surface area (Å²) in [6, 6.07) is 9.32. The van der Waals surface area contributed by atoms with Crippen LogP contribution in [0.3, 0.4) is 0 Å². The number of amides is 1. The van der Waals surface area contributed by atoms with E-state index in [1.54, 1.807) is 11.0 Å². The molecule has 1 saturated heterocycles. The molecule has 1 amide bonds. The molecule has 22 heavy (non-hydrogen) atoms. The Labute approximate surface area is 136 Å².